The molecular weight excluding hydrogens is 238 g/mol. The van der Waals surface area contributed by atoms with Gasteiger partial charge >= 0.3 is 0 Å². The van der Waals surface area contributed by atoms with E-state index in [1.165, 1.54) is 11.1 Å². The molecule has 0 atom stereocenters. The summed E-state index contributed by atoms with van der Waals surface area (Å²) in [5.41, 5.74) is 2.62. The van der Waals surface area contributed by atoms with Crippen LogP contribution in [-0.2, 0) is 16.6 Å². The van der Waals surface area contributed by atoms with Crippen molar-refractivity contribution in [1.82, 2.24) is 5.32 Å². The Balaban J connectivity index is 2.76. The van der Waals surface area contributed by atoms with E-state index >= 15 is 0 Å². The Kier molecular flexibility index (Phi) is 5.55. The first kappa shape index (κ1) is 15.7. The van der Waals surface area contributed by atoms with Gasteiger partial charge in [-0.2, -0.15) is 0 Å². The number of Topliss-reactive ketones (excluding diaryl/α,β-unsaturated/α-hetero) is 1. The van der Waals surface area contributed by atoms with Crippen LogP contribution < -0.4 is 10.1 Å². The van der Waals surface area contributed by atoms with E-state index in [9.17, 15) is 4.79 Å². The zero-order chi connectivity index (χ0) is 14.5. The summed E-state index contributed by atoms with van der Waals surface area (Å²) < 4.78 is 5.40. The Morgan fingerprint density at radius 3 is 2.53 bits per heavy atom. The molecule has 0 aliphatic rings. The standard InChI is InChI=1S/C16H25NO2/c1-12(18)11-17-9-8-13-10-14(16(2,3)4)6-7-15(13)19-5/h6-7,10,17H,8-9,11H2,1-5H3. The van der Waals surface area contributed by atoms with Crippen LogP contribution >= 0.6 is 0 Å². The lowest BCUT2D eigenvalue weighted by Gasteiger charge is -2.21. The predicted octanol–water partition coefficient (Wildman–Crippen LogP) is 2.71. The Morgan fingerprint density at radius 1 is 1.32 bits per heavy atom. The van der Waals surface area contributed by atoms with Crippen molar-refractivity contribution in [1.29, 1.82) is 0 Å². The molecule has 0 unspecified atom stereocenters. The highest BCUT2D eigenvalue weighted by molar-refractivity contribution is 5.77. The molecule has 3 heteroatoms. The summed E-state index contributed by atoms with van der Waals surface area (Å²) in [6.07, 6.45) is 0.861. The minimum Gasteiger partial charge on any atom is -0.496 e. The van der Waals surface area contributed by atoms with Gasteiger partial charge in [-0.3, -0.25) is 4.79 Å². The van der Waals surface area contributed by atoms with Gasteiger partial charge in [0.1, 0.15) is 11.5 Å². The Labute approximate surface area is 116 Å². The van der Waals surface area contributed by atoms with Crippen molar-refractivity contribution >= 4 is 5.78 Å². The fraction of sp³-hybridized carbons (Fsp3) is 0.562. The van der Waals surface area contributed by atoms with E-state index in [-0.39, 0.29) is 11.2 Å². The van der Waals surface area contributed by atoms with E-state index in [1.54, 1.807) is 14.0 Å². The van der Waals surface area contributed by atoms with Gasteiger partial charge in [0, 0.05) is 0 Å². The van der Waals surface area contributed by atoms with Crippen LogP contribution in [0, 0.1) is 0 Å². The van der Waals surface area contributed by atoms with Crippen LogP contribution in [0.3, 0.4) is 0 Å². The van der Waals surface area contributed by atoms with Crippen molar-refractivity contribution in [2.45, 2.75) is 39.5 Å². The van der Waals surface area contributed by atoms with Crippen LogP contribution in [0.5, 0.6) is 5.75 Å². The highest BCUT2D eigenvalue weighted by Gasteiger charge is 2.15. The summed E-state index contributed by atoms with van der Waals surface area (Å²) in [7, 11) is 1.69. The maximum atomic E-state index is 10.9. The second-order valence-electron chi connectivity index (χ2n) is 5.91. The molecule has 0 heterocycles. The van der Waals surface area contributed by atoms with Gasteiger partial charge in [0.25, 0.3) is 0 Å². The van der Waals surface area contributed by atoms with E-state index < -0.39 is 0 Å². The average molecular weight is 263 g/mol. The summed E-state index contributed by atoms with van der Waals surface area (Å²) in [5, 5.41) is 3.14. The molecule has 0 saturated heterocycles. The Morgan fingerprint density at radius 2 is 2.00 bits per heavy atom. The van der Waals surface area contributed by atoms with Crippen molar-refractivity contribution in [3.63, 3.8) is 0 Å². The number of ether oxygens (including phenoxy) is 1. The van der Waals surface area contributed by atoms with E-state index in [1.807, 2.05) is 6.07 Å². The predicted molar refractivity (Wildman–Crippen MR) is 78.9 cm³/mol. The molecular formula is C16H25NO2. The molecule has 0 aliphatic heterocycles. The summed E-state index contributed by atoms with van der Waals surface area (Å²) in [6.45, 7) is 9.41. The van der Waals surface area contributed by atoms with E-state index in [0.29, 0.717) is 6.54 Å². The molecule has 0 aromatic heterocycles. The molecule has 0 amide bonds. The zero-order valence-electron chi connectivity index (χ0n) is 12.7. The van der Waals surface area contributed by atoms with Gasteiger partial charge in [-0.1, -0.05) is 32.9 Å². The lowest BCUT2D eigenvalue weighted by molar-refractivity contribution is -0.116. The van der Waals surface area contributed by atoms with Crippen molar-refractivity contribution < 1.29 is 9.53 Å². The van der Waals surface area contributed by atoms with E-state index in [2.05, 4.69) is 38.2 Å². The highest BCUT2D eigenvalue weighted by atomic mass is 16.5. The average Bonchev–Trinajstić information content (AvgIpc) is 2.33. The monoisotopic (exact) mass is 263 g/mol. The third-order valence-electron chi connectivity index (χ3n) is 3.09. The molecule has 0 fully saturated rings. The molecule has 1 aromatic carbocycles. The number of rotatable bonds is 6. The molecule has 0 radical (unpaired) electrons. The first-order valence-corrected chi connectivity index (χ1v) is 6.72. The lowest BCUT2D eigenvalue weighted by atomic mass is 9.85. The molecule has 0 spiro atoms. The van der Waals surface area contributed by atoms with Gasteiger partial charge in [0.05, 0.1) is 13.7 Å². The van der Waals surface area contributed by atoms with Crippen LogP contribution in [0.1, 0.15) is 38.8 Å². The van der Waals surface area contributed by atoms with Crippen LogP contribution in [0.15, 0.2) is 18.2 Å². The van der Waals surface area contributed by atoms with Gasteiger partial charge in [-0.15, -0.1) is 0 Å². The Hall–Kier alpha value is -1.35. The molecule has 106 valence electrons. The number of nitrogens with one attached hydrogen (secondary N) is 1. The zero-order valence-corrected chi connectivity index (χ0v) is 12.7. The van der Waals surface area contributed by atoms with Crippen LogP contribution in [0.25, 0.3) is 0 Å². The fourth-order valence-electron chi connectivity index (χ4n) is 1.93. The van der Waals surface area contributed by atoms with Crippen LogP contribution in [-0.4, -0.2) is 26.0 Å². The number of carbonyl (C=O) groups excluding carboxylic acids is 1. The van der Waals surface area contributed by atoms with E-state index in [0.717, 1.165) is 18.7 Å². The number of carbonyl (C=O) groups is 1. The second kappa shape index (κ2) is 6.71. The first-order valence-electron chi connectivity index (χ1n) is 6.72. The van der Waals surface area contributed by atoms with Gasteiger partial charge in [-0.25, -0.2) is 0 Å². The molecule has 19 heavy (non-hydrogen) atoms. The number of hydrogen-bond acceptors (Lipinski definition) is 3. The smallest absolute Gasteiger partial charge is 0.143 e. The minimum absolute atomic E-state index is 0.133. The number of hydrogen-bond donors (Lipinski definition) is 1. The van der Waals surface area contributed by atoms with Crippen LogP contribution in [0.4, 0.5) is 0 Å². The molecule has 1 rings (SSSR count). The highest BCUT2D eigenvalue weighted by Crippen LogP contribution is 2.28. The van der Waals surface area contributed by atoms with Crippen LogP contribution in [0.2, 0.25) is 0 Å². The maximum Gasteiger partial charge on any atom is 0.143 e. The quantitative estimate of drug-likeness (QED) is 0.802. The summed E-state index contributed by atoms with van der Waals surface area (Å²) in [5.74, 6) is 1.08. The molecule has 0 bridgehead atoms. The molecule has 3 nitrogen and oxygen atoms in total. The SMILES string of the molecule is COc1ccc(C(C)(C)C)cc1CCNCC(C)=O. The van der Waals surface area contributed by atoms with Gasteiger partial charge in [0.15, 0.2) is 0 Å². The lowest BCUT2D eigenvalue weighted by Crippen LogP contribution is -2.23. The molecule has 1 N–H and O–H groups in total. The number of benzene rings is 1. The fourth-order valence-corrected chi connectivity index (χ4v) is 1.93. The maximum absolute atomic E-state index is 10.9. The van der Waals surface area contributed by atoms with Gasteiger partial charge in [-0.05, 0) is 42.5 Å². The van der Waals surface area contributed by atoms with Gasteiger partial charge < -0.3 is 10.1 Å². The van der Waals surface area contributed by atoms with Crippen molar-refractivity contribution in [2.75, 3.05) is 20.2 Å². The third kappa shape index (κ3) is 5.03. The molecule has 1 aromatic rings. The minimum atomic E-state index is 0.133. The normalized spacial score (nSPS) is 11.4. The molecule has 0 aliphatic carbocycles. The van der Waals surface area contributed by atoms with Crippen molar-refractivity contribution in [2.24, 2.45) is 0 Å². The summed E-state index contributed by atoms with van der Waals surface area (Å²) >= 11 is 0. The Bertz CT molecular complexity index is 433. The number of ketones is 1. The van der Waals surface area contributed by atoms with Crippen molar-refractivity contribution in [3.05, 3.63) is 29.3 Å². The third-order valence-corrected chi connectivity index (χ3v) is 3.09. The topological polar surface area (TPSA) is 38.3 Å². The van der Waals surface area contributed by atoms with Gasteiger partial charge in [0.2, 0.25) is 0 Å². The summed E-state index contributed by atoms with van der Waals surface area (Å²) in [6, 6.07) is 6.35. The van der Waals surface area contributed by atoms with E-state index in [4.69, 9.17) is 4.74 Å². The first-order chi connectivity index (χ1) is 8.84. The second-order valence-corrected chi connectivity index (χ2v) is 5.91. The number of methoxy groups -OCH3 is 1. The molecule has 0 saturated carbocycles. The largest absolute Gasteiger partial charge is 0.496 e. The summed E-state index contributed by atoms with van der Waals surface area (Å²) in [4.78, 5) is 10.9. The van der Waals surface area contributed by atoms with Crippen molar-refractivity contribution in [3.8, 4) is 5.75 Å².